The quantitative estimate of drug-likeness (QED) is 0.461. The molecule has 3 rings (SSSR count). The van der Waals surface area contributed by atoms with E-state index in [2.05, 4.69) is 29.2 Å². The van der Waals surface area contributed by atoms with E-state index >= 15 is 0 Å². The molecule has 0 unspecified atom stereocenters. The molecule has 0 aliphatic heterocycles. The van der Waals surface area contributed by atoms with Crippen molar-refractivity contribution in [1.29, 1.82) is 0 Å². The van der Waals surface area contributed by atoms with Crippen molar-refractivity contribution >= 4 is 5.78 Å². The van der Waals surface area contributed by atoms with Crippen molar-refractivity contribution in [3.05, 3.63) is 72.2 Å². The van der Waals surface area contributed by atoms with Crippen LogP contribution in [0.2, 0.25) is 0 Å². The molecule has 0 spiro atoms. The van der Waals surface area contributed by atoms with Crippen LogP contribution in [0.15, 0.2) is 65.2 Å². The smallest absolute Gasteiger partial charge is 0.202 e. The maximum atomic E-state index is 12.2. The number of hydrogen-bond donors (Lipinski definition) is 0. The molecule has 0 fully saturated rings. The Labute approximate surface area is 160 Å². The van der Waals surface area contributed by atoms with Gasteiger partial charge in [-0.2, -0.15) is 0 Å². The van der Waals surface area contributed by atoms with Gasteiger partial charge in [-0.15, -0.1) is 0 Å². The molecule has 2 aromatic carbocycles. The molecule has 0 saturated carbocycles. The maximum Gasteiger partial charge on any atom is 0.202 e. The van der Waals surface area contributed by atoms with Gasteiger partial charge in [0.1, 0.15) is 11.5 Å². The third-order valence-corrected chi connectivity index (χ3v) is 4.52. The van der Waals surface area contributed by atoms with Gasteiger partial charge in [0.25, 0.3) is 0 Å². The highest BCUT2D eigenvalue weighted by Gasteiger charge is 2.11. The minimum absolute atomic E-state index is 0.175. The van der Waals surface area contributed by atoms with Crippen LogP contribution in [0.5, 0.6) is 5.75 Å². The van der Waals surface area contributed by atoms with Gasteiger partial charge in [-0.05, 0) is 37.0 Å². The number of nitrogens with zero attached hydrogens (tertiary/aromatic N) is 1. The van der Waals surface area contributed by atoms with Crippen LogP contribution in [0, 0.1) is 0 Å². The first-order chi connectivity index (χ1) is 13.2. The minimum Gasteiger partial charge on any atom is -0.497 e. The molecule has 0 saturated heterocycles. The fourth-order valence-electron chi connectivity index (χ4n) is 3.03. The highest BCUT2D eigenvalue weighted by atomic mass is 16.5. The molecule has 1 aromatic heterocycles. The maximum absolute atomic E-state index is 12.2. The lowest BCUT2D eigenvalue weighted by Gasteiger charge is -2.02. The zero-order valence-corrected chi connectivity index (χ0v) is 15.7. The van der Waals surface area contributed by atoms with Crippen LogP contribution in [-0.2, 0) is 17.6 Å². The number of ether oxygens (including phenoxy) is 1. The van der Waals surface area contributed by atoms with Crippen molar-refractivity contribution < 1.29 is 13.9 Å². The van der Waals surface area contributed by atoms with Crippen LogP contribution < -0.4 is 4.74 Å². The molecular weight excluding hydrogens is 338 g/mol. The number of aromatic nitrogens is 1. The Morgan fingerprint density at radius 2 is 1.89 bits per heavy atom. The van der Waals surface area contributed by atoms with Gasteiger partial charge in [-0.3, -0.25) is 4.79 Å². The second-order valence-electron chi connectivity index (χ2n) is 6.61. The van der Waals surface area contributed by atoms with Crippen molar-refractivity contribution in [3.63, 3.8) is 0 Å². The van der Waals surface area contributed by atoms with Gasteiger partial charge < -0.3 is 9.15 Å². The highest BCUT2D eigenvalue weighted by Crippen LogP contribution is 2.24. The largest absolute Gasteiger partial charge is 0.497 e. The zero-order chi connectivity index (χ0) is 18.9. The topological polar surface area (TPSA) is 52.3 Å². The van der Waals surface area contributed by atoms with Gasteiger partial charge in [-0.25, -0.2) is 4.98 Å². The van der Waals surface area contributed by atoms with Crippen LogP contribution >= 0.6 is 0 Å². The summed E-state index contributed by atoms with van der Waals surface area (Å²) in [5.41, 5.74) is 2.25. The Morgan fingerprint density at radius 3 is 2.70 bits per heavy atom. The fourth-order valence-corrected chi connectivity index (χ4v) is 3.03. The van der Waals surface area contributed by atoms with Crippen LogP contribution in [0.4, 0.5) is 0 Å². The number of oxazole rings is 1. The summed E-state index contributed by atoms with van der Waals surface area (Å²) in [6.07, 6.45) is 6.64. The molecule has 0 amide bonds. The lowest BCUT2D eigenvalue weighted by atomic mass is 10.0. The summed E-state index contributed by atoms with van der Waals surface area (Å²) in [4.78, 5) is 16.4. The Morgan fingerprint density at radius 1 is 1.04 bits per heavy atom. The first kappa shape index (κ1) is 18.9. The first-order valence-electron chi connectivity index (χ1n) is 9.39. The molecule has 0 bridgehead atoms. The average Bonchev–Trinajstić information content (AvgIpc) is 3.17. The van der Waals surface area contributed by atoms with E-state index in [1.54, 1.807) is 13.3 Å². The number of methoxy groups -OCH3 is 1. The minimum atomic E-state index is 0.175. The Kier molecular flexibility index (Phi) is 6.80. The zero-order valence-electron chi connectivity index (χ0n) is 15.7. The van der Waals surface area contributed by atoms with Crippen LogP contribution in [0.1, 0.15) is 37.1 Å². The van der Waals surface area contributed by atoms with Gasteiger partial charge in [0.05, 0.1) is 19.7 Å². The summed E-state index contributed by atoms with van der Waals surface area (Å²) >= 11 is 0. The SMILES string of the molecule is COc1cccc(-c2cnc(CC(=O)CCCCCc3ccccc3)o2)c1. The first-order valence-corrected chi connectivity index (χ1v) is 9.39. The molecule has 0 atom stereocenters. The molecule has 0 radical (unpaired) electrons. The lowest BCUT2D eigenvalue weighted by Crippen LogP contribution is -2.02. The normalized spacial score (nSPS) is 10.7. The number of carbonyl (C=O) groups is 1. The Hall–Kier alpha value is -2.88. The molecule has 27 heavy (non-hydrogen) atoms. The summed E-state index contributed by atoms with van der Waals surface area (Å²) in [6.45, 7) is 0. The van der Waals surface area contributed by atoms with E-state index in [0.717, 1.165) is 37.0 Å². The number of ketones is 1. The van der Waals surface area contributed by atoms with Crippen molar-refractivity contribution in [2.75, 3.05) is 7.11 Å². The second-order valence-corrected chi connectivity index (χ2v) is 6.61. The molecule has 4 heteroatoms. The molecule has 0 aliphatic carbocycles. The summed E-state index contributed by atoms with van der Waals surface area (Å²) in [5, 5.41) is 0. The lowest BCUT2D eigenvalue weighted by molar-refractivity contribution is -0.118. The van der Waals surface area contributed by atoms with E-state index in [-0.39, 0.29) is 12.2 Å². The van der Waals surface area contributed by atoms with Gasteiger partial charge >= 0.3 is 0 Å². The monoisotopic (exact) mass is 363 g/mol. The fraction of sp³-hybridized carbons (Fsp3) is 0.304. The van der Waals surface area contributed by atoms with Crippen molar-refractivity contribution in [3.8, 4) is 17.1 Å². The molecule has 140 valence electrons. The van der Waals surface area contributed by atoms with Crippen LogP contribution in [0.25, 0.3) is 11.3 Å². The molecule has 0 N–H and O–H groups in total. The molecule has 4 nitrogen and oxygen atoms in total. The number of aryl methyl sites for hydroxylation is 1. The summed E-state index contributed by atoms with van der Waals surface area (Å²) < 4.78 is 11.0. The van der Waals surface area contributed by atoms with E-state index in [0.29, 0.717) is 18.1 Å². The average molecular weight is 363 g/mol. The van der Waals surface area contributed by atoms with E-state index in [9.17, 15) is 4.79 Å². The van der Waals surface area contributed by atoms with Gasteiger partial charge in [0.2, 0.25) is 5.89 Å². The number of Topliss-reactive ketones (excluding diaryl/α,β-unsaturated/α-hetero) is 1. The standard InChI is InChI=1S/C23H25NO3/c1-26-21-14-8-12-19(15-21)22-17-24-23(27-22)16-20(25)13-7-3-6-11-18-9-4-2-5-10-18/h2,4-5,8-10,12,14-15,17H,3,6-7,11,13,16H2,1H3. The highest BCUT2D eigenvalue weighted by molar-refractivity contribution is 5.80. The van der Waals surface area contributed by atoms with Crippen molar-refractivity contribution in [1.82, 2.24) is 4.98 Å². The van der Waals surface area contributed by atoms with Gasteiger partial charge in [0.15, 0.2) is 5.76 Å². The predicted molar refractivity (Wildman–Crippen MR) is 106 cm³/mol. The number of carbonyl (C=O) groups excluding carboxylic acids is 1. The number of hydrogen-bond acceptors (Lipinski definition) is 4. The van der Waals surface area contributed by atoms with E-state index in [1.165, 1.54) is 5.56 Å². The molecular formula is C23H25NO3. The molecule has 1 heterocycles. The summed E-state index contributed by atoms with van der Waals surface area (Å²) in [6, 6.07) is 18.1. The number of rotatable bonds is 10. The Bertz CT molecular complexity index is 855. The third-order valence-electron chi connectivity index (χ3n) is 4.52. The second kappa shape index (κ2) is 9.72. The van der Waals surface area contributed by atoms with Crippen molar-refractivity contribution in [2.24, 2.45) is 0 Å². The van der Waals surface area contributed by atoms with E-state index in [1.807, 2.05) is 30.3 Å². The van der Waals surface area contributed by atoms with Crippen LogP contribution in [0.3, 0.4) is 0 Å². The van der Waals surface area contributed by atoms with Gasteiger partial charge in [-0.1, -0.05) is 48.9 Å². The summed E-state index contributed by atoms with van der Waals surface area (Å²) in [5.74, 6) is 2.06. The van der Waals surface area contributed by atoms with E-state index < -0.39 is 0 Å². The third kappa shape index (κ3) is 5.81. The number of unbranched alkanes of at least 4 members (excludes halogenated alkanes) is 2. The molecule has 0 aliphatic rings. The predicted octanol–water partition coefficient (Wildman–Crippen LogP) is 5.26. The van der Waals surface area contributed by atoms with Gasteiger partial charge in [0, 0.05) is 12.0 Å². The number of benzene rings is 2. The van der Waals surface area contributed by atoms with E-state index in [4.69, 9.17) is 9.15 Å². The van der Waals surface area contributed by atoms with Crippen LogP contribution in [-0.4, -0.2) is 17.9 Å². The van der Waals surface area contributed by atoms with Crippen molar-refractivity contribution in [2.45, 2.75) is 38.5 Å². The Balaban J connectivity index is 1.41. The molecule has 3 aromatic rings. The summed E-state index contributed by atoms with van der Waals surface area (Å²) in [7, 11) is 1.63.